The molecule has 0 saturated carbocycles. The van der Waals surface area contributed by atoms with Gasteiger partial charge in [0.15, 0.2) is 25.0 Å². The highest BCUT2D eigenvalue weighted by Crippen LogP contribution is 2.15. The third-order valence-electron chi connectivity index (χ3n) is 3.02. The molecule has 0 fully saturated rings. The molecule has 6 nitrogen and oxygen atoms in total. The summed E-state index contributed by atoms with van der Waals surface area (Å²) in [4.78, 5) is 25.2. The second-order valence-corrected chi connectivity index (χ2v) is 4.55. The van der Waals surface area contributed by atoms with Gasteiger partial charge in [0.25, 0.3) is 0 Å². The van der Waals surface area contributed by atoms with Crippen molar-refractivity contribution in [2.45, 2.75) is 13.5 Å². The molecule has 1 aromatic heterocycles. The number of aliphatic imine (C=N–C) groups is 1. The van der Waals surface area contributed by atoms with E-state index in [9.17, 15) is 9.59 Å². The van der Waals surface area contributed by atoms with Crippen molar-refractivity contribution in [1.82, 2.24) is 0 Å². The van der Waals surface area contributed by atoms with Gasteiger partial charge in [-0.2, -0.15) is 9.56 Å². The van der Waals surface area contributed by atoms with E-state index in [-0.39, 0.29) is 6.61 Å². The van der Waals surface area contributed by atoms with E-state index in [1.165, 1.54) is 6.08 Å². The van der Waals surface area contributed by atoms with Crippen molar-refractivity contribution >= 4 is 23.5 Å². The average molecular weight is 298 g/mol. The van der Waals surface area contributed by atoms with Crippen LogP contribution < -0.4 is 9.88 Å². The predicted molar refractivity (Wildman–Crippen MR) is 80.6 cm³/mol. The van der Waals surface area contributed by atoms with Crippen LogP contribution in [0.3, 0.4) is 0 Å². The fourth-order valence-corrected chi connectivity index (χ4v) is 1.88. The van der Waals surface area contributed by atoms with E-state index < -0.39 is 6.09 Å². The molecule has 0 radical (unpaired) electrons. The number of carbonyl (C=O) groups excluding carboxylic acids is 2. The van der Waals surface area contributed by atoms with Crippen LogP contribution in [0, 0.1) is 6.92 Å². The van der Waals surface area contributed by atoms with Crippen LogP contribution in [-0.4, -0.2) is 18.8 Å². The Labute approximate surface area is 128 Å². The van der Waals surface area contributed by atoms with Crippen LogP contribution in [0.4, 0.5) is 16.2 Å². The topological polar surface area (TPSA) is 71.6 Å². The molecule has 0 spiro atoms. The van der Waals surface area contributed by atoms with E-state index in [0.29, 0.717) is 17.9 Å². The quantitative estimate of drug-likeness (QED) is 0.523. The molecule has 0 aliphatic heterocycles. The lowest BCUT2D eigenvalue weighted by molar-refractivity contribution is -0.703. The minimum atomic E-state index is -0.527. The number of nitrogens with one attached hydrogen (secondary N) is 1. The summed E-state index contributed by atoms with van der Waals surface area (Å²) < 4.78 is 7.13. The van der Waals surface area contributed by atoms with Crippen molar-refractivity contribution in [3.8, 4) is 0 Å². The molecule has 0 atom stereocenters. The number of hydrogen-bond acceptors (Lipinski definition) is 4. The van der Waals surface area contributed by atoms with Crippen molar-refractivity contribution in [2.75, 3.05) is 11.9 Å². The van der Waals surface area contributed by atoms with Gasteiger partial charge in [-0.15, -0.1) is 0 Å². The summed E-state index contributed by atoms with van der Waals surface area (Å²) in [6.07, 6.45) is 2.86. The molecule has 1 amide bonds. The standard InChI is InChI=1S/C16H15N3O3/c1-13-4-2-3-9-19(13)10-11-22-16(21)18-15-7-5-14(6-8-15)17-12-20/h2-9H,10-11H2,1H3/p+1. The highest BCUT2D eigenvalue weighted by atomic mass is 16.5. The molecule has 0 unspecified atom stereocenters. The van der Waals surface area contributed by atoms with Gasteiger partial charge in [-0.1, -0.05) is 6.07 Å². The van der Waals surface area contributed by atoms with Gasteiger partial charge >= 0.3 is 6.09 Å². The maximum atomic E-state index is 11.7. The van der Waals surface area contributed by atoms with E-state index in [4.69, 9.17) is 4.74 Å². The molecular weight excluding hydrogens is 282 g/mol. The lowest BCUT2D eigenvalue weighted by atomic mass is 10.3. The van der Waals surface area contributed by atoms with E-state index in [2.05, 4.69) is 10.3 Å². The third kappa shape index (κ3) is 4.54. The highest BCUT2D eigenvalue weighted by molar-refractivity contribution is 5.84. The number of isocyanates is 1. The Morgan fingerprint density at radius 3 is 2.73 bits per heavy atom. The lowest BCUT2D eigenvalue weighted by Crippen LogP contribution is -2.39. The zero-order chi connectivity index (χ0) is 15.8. The number of anilines is 1. The molecule has 1 heterocycles. The zero-order valence-electron chi connectivity index (χ0n) is 12.2. The lowest BCUT2D eigenvalue weighted by Gasteiger charge is -2.06. The Hall–Kier alpha value is -2.98. The molecule has 0 aliphatic rings. The minimum Gasteiger partial charge on any atom is -0.443 e. The molecular formula is C16H16N3O3+. The van der Waals surface area contributed by atoms with Crippen LogP contribution in [-0.2, 0) is 16.1 Å². The number of rotatable bonds is 5. The molecule has 2 aromatic rings. The van der Waals surface area contributed by atoms with Crippen molar-refractivity contribution in [2.24, 2.45) is 4.99 Å². The second-order valence-electron chi connectivity index (χ2n) is 4.55. The van der Waals surface area contributed by atoms with Crippen molar-refractivity contribution in [3.63, 3.8) is 0 Å². The number of aryl methyl sites for hydroxylation is 1. The number of nitrogens with zero attached hydrogens (tertiary/aromatic N) is 2. The molecule has 1 aromatic carbocycles. The SMILES string of the molecule is Cc1cccc[n+]1CCOC(=O)Nc1ccc(N=C=O)cc1. The van der Waals surface area contributed by atoms with Gasteiger partial charge in [-0.25, -0.2) is 9.59 Å². The van der Waals surface area contributed by atoms with Crippen LogP contribution in [0.1, 0.15) is 5.69 Å². The Kier molecular flexibility index (Phi) is 5.40. The molecule has 22 heavy (non-hydrogen) atoms. The molecule has 0 saturated heterocycles. The van der Waals surface area contributed by atoms with Gasteiger partial charge in [-0.3, -0.25) is 5.32 Å². The first kappa shape index (κ1) is 15.4. The summed E-state index contributed by atoms with van der Waals surface area (Å²) >= 11 is 0. The number of aromatic nitrogens is 1. The highest BCUT2D eigenvalue weighted by Gasteiger charge is 2.07. The number of carbonyl (C=O) groups is 1. The molecule has 0 bridgehead atoms. The van der Waals surface area contributed by atoms with Gasteiger partial charge < -0.3 is 4.74 Å². The maximum absolute atomic E-state index is 11.7. The number of ether oxygens (including phenoxy) is 1. The average Bonchev–Trinajstić information content (AvgIpc) is 2.51. The summed E-state index contributed by atoms with van der Waals surface area (Å²) in [6.45, 7) is 2.85. The molecule has 112 valence electrons. The van der Waals surface area contributed by atoms with Gasteiger partial charge in [0.05, 0.1) is 5.69 Å². The van der Waals surface area contributed by atoms with E-state index >= 15 is 0 Å². The summed E-state index contributed by atoms with van der Waals surface area (Å²) in [7, 11) is 0. The van der Waals surface area contributed by atoms with Gasteiger partial charge in [0.1, 0.15) is 0 Å². The van der Waals surface area contributed by atoms with Gasteiger partial charge in [-0.05, 0) is 24.3 Å². The molecule has 1 N–H and O–H groups in total. The van der Waals surface area contributed by atoms with Crippen molar-refractivity contribution in [3.05, 3.63) is 54.4 Å². The van der Waals surface area contributed by atoms with Crippen LogP contribution in [0.2, 0.25) is 0 Å². The molecule has 6 heteroatoms. The second kappa shape index (κ2) is 7.71. The largest absolute Gasteiger partial charge is 0.443 e. The minimum absolute atomic E-state index is 0.273. The summed E-state index contributed by atoms with van der Waals surface area (Å²) in [5.74, 6) is 0. The van der Waals surface area contributed by atoms with Crippen LogP contribution >= 0.6 is 0 Å². The fourth-order valence-electron chi connectivity index (χ4n) is 1.88. The molecule has 2 rings (SSSR count). The Balaban J connectivity index is 1.80. The van der Waals surface area contributed by atoms with Crippen LogP contribution in [0.25, 0.3) is 0 Å². The fraction of sp³-hybridized carbons (Fsp3) is 0.188. The van der Waals surface area contributed by atoms with Crippen LogP contribution in [0.5, 0.6) is 0 Å². The van der Waals surface area contributed by atoms with E-state index in [1.807, 2.05) is 35.9 Å². The normalized spacial score (nSPS) is 9.68. The number of amides is 1. The Morgan fingerprint density at radius 2 is 2.05 bits per heavy atom. The predicted octanol–water partition coefficient (Wildman–Crippen LogP) is 2.50. The Morgan fingerprint density at radius 1 is 1.27 bits per heavy atom. The summed E-state index contributed by atoms with van der Waals surface area (Å²) in [6, 6.07) is 12.3. The van der Waals surface area contributed by atoms with E-state index in [1.54, 1.807) is 24.3 Å². The summed E-state index contributed by atoms with van der Waals surface area (Å²) in [5, 5.41) is 2.60. The summed E-state index contributed by atoms with van der Waals surface area (Å²) in [5.41, 5.74) is 2.14. The van der Waals surface area contributed by atoms with Crippen molar-refractivity contribution < 1.29 is 18.9 Å². The van der Waals surface area contributed by atoms with Gasteiger partial charge in [0.2, 0.25) is 6.08 Å². The van der Waals surface area contributed by atoms with Gasteiger partial charge in [0, 0.05) is 24.7 Å². The zero-order valence-corrected chi connectivity index (χ0v) is 12.2. The smallest absolute Gasteiger partial charge is 0.411 e. The molecule has 0 aliphatic carbocycles. The first-order chi connectivity index (χ1) is 10.7. The number of pyridine rings is 1. The first-order valence-corrected chi connectivity index (χ1v) is 6.76. The first-order valence-electron chi connectivity index (χ1n) is 6.76. The third-order valence-corrected chi connectivity index (χ3v) is 3.02. The van der Waals surface area contributed by atoms with Crippen molar-refractivity contribution in [1.29, 1.82) is 0 Å². The monoisotopic (exact) mass is 298 g/mol. The number of hydrogen-bond donors (Lipinski definition) is 1. The maximum Gasteiger partial charge on any atom is 0.411 e. The van der Waals surface area contributed by atoms with Crippen LogP contribution in [0.15, 0.2) is 53.7 Å². The van der Waals surface area contributed by atoms with E-state index in [0.717, 1.165) is 5.69 Å². The Bertz CT molecular complexity index is 692. The number of benzene rings is 1.